The van der Waals surface area contributed by atoms with E-state index >= 15 is 0 Å². The van der Waals surface area contributed by atoms with Gasteiger partial charge in [-0.1, -0.05) is 12.1 Å². The summed E-state index contributed by atoms with van der Waals surface area (Å²) < 4.78 is 0. The third-order valence-corrected chi connectivity index (χ3v) is 6.18. The molecule has 202 valence electrons. The van der Waals surface area contributed by atoms with Crippen LogP contribution in [0.3, 0.4) is 0 Å². The highest BCUT2D eigenvalue weighted by atomic mass is 16.4. The van der Waals surface area contributed by atoms with Crippen LogP contribution in [0, 0.1) is 0 Å². The molecular formula is C24H40N6O6. The van der Waals surface area contributed by atoms with Gasteiger partial charge in [0.2, 0.25) is 0 Å². The molecule has 1 heterocycles. The summed E-state index contributed by atoms with van der Waals surface area (Å²) in [7, 11) is 1.87. The minimum Gasteiger partial charge on any atom is -0.480 e. The molecular weight excluding hydrogens is 468 g/mol. The predicted octanol–water partition coefficient (Wildman–Crippen LogP) is -0.361. The zero-order chi connectivity index (χ0) is 26.5. The third kappa shape index (κ3) is 11.8. The Hall–Kier alpha value is -2.77. The van der Waals surface area contributed by atoms with Crippen LogP contribution in [-0.2, 0) is 20.9 Å². The number of anilines is 1. The average molecular weight is 509 g/mol. The number of carboxylic acid groups (broad SMARTS) is 3. The number of carboxylic acids is 3. The lowest BCUT2D eigenvalue weighted by Crippen LogP contribution is -2.42. The Morgan fingerprint density at radius 1 is 0.861 bits per heavy atom. The molecule has 0 spiro atoms. The molecule has 1 aromatic carbocycles. The van der Waals surface area contributed by atoms with E-state index in [2.05, 4.69) is 15.5 Å². The summed E-state index contributed by atoms with van der Waals surface area (Å²) in [5.74, 6) is -2.74. The molecule has 0 aliphatic carbocycles. The lowest BCUT2D eigenvalue weighted by molar-refractivity contribution is -0.140. The van der Waals surface area contributed by atoms with E-state index in [-0.39, 0.29) is 25.8 Å². The van der Waals surface area contributed by atoms with Crippen LogP contribution in [-0.4, -0.2) is 138 Å². The van der Waals surface area contributed by atoms with Crippen molar-refractivity contribution in [1.29, 1.82) is 0 Å². The zero-order valence-electron chi connectivity index (χ0n) is 21.2. The molecule has 12 nitrogen and oxygen atoms in total. The Labute approximate surface area is 212 Å². The zero-order valence-corrected chi connectivity index (χ0v) is 21.2. The molecule has 1 fully saturated rings. The normalized spacial score (nSPS) is 17.2. The van der Waals surface area contributed by atoms with Crippen molar-refractivity contribution in [1.82, 2.24) is 24.9 Å². The minimum atomic E-state index is -0.917. The number of carbonyl (C=O) groups is 3. The molecule has 1 unspecified atom stereocenters. The second-order valence-electron chi connectivity index (χ2n) is 9.14. The lowest BCUT2D eigenvalue weighted by Gasteiger charge is -2.28. The Balaban J connectivity index is 2.01. The van der Waals surface area contributed by atoms with Gasteiger partial charge in [-0.2, -0.15) is 0 Å². The van der Waals surface area contributed by atoms with Crippen LogP contribution < -0.4 is 10.6 Å². The summed E-state index contributed by atoms with van der Waals surface area (Å²) in [6.45, 7) is 6.61. The Morgan fingerprint density at radius 2 is 1.36 bits per heavy atom. The summed E-state index contributed by atoms with van der Waals surface area (Å²) in [5, 5.41) is 34.3. The molecule has 2 rings (SSSR count). The van der Waals surface area contributed by atoms with Crippen molar-refractivity contribution in [2.75, 3.05) is 84.4 Å². The van der Waals surface area contributed by atoms with E-state index in [1.54, 1.807) is 0 Å². The molecule has 0 bridgehead atoms. The molecule has 5 N–H and O–H groups in total. The monoisotopic (exact) mass is 508 g/mol. The molecule has 0 amide bonds. The Kier molecular flexibility index (Phi) is 12.6. The standard InChI is InChI=1S/C24H40N6O6/c1-19(25-2)26-21-5-3-20(4-6-21)15-30(18-24(35)36)14-9-27-7-10-28(16-22(31)32)12-13-29(11-8-27)17-23(33)34/h3-6,19,25-26H,7-18H2,1-2H3,(H,31,32)(H,33,34)(H,35,36). The summed E-state index contributed by atoms with van der Waals surface area (Å²) >= 11 is 0. The molecule has 0 saturated carbocycles. The first-order valence-electron chi connectivity index (χ1n) is 12.2. The second kappa shape index (κ2) is 15.4. The van der Waals surface area contributed by atoms with Gasteiger partial charge in [0, 0.05) is 64.6 Å². The molecule has 12 heteroatoms. The van der Waals surface area contributed by atoms with Gasteiger partial charge in [-0.3, -0.25) is 34.0 Å². The van der Waals surface area contributed by atoms with E-state index in [0.717, 1.165) is 11.3 Å². The van der Waals surface area contributed by atoms with Crippen LogP contribution in [0.5, 0.6) is 0 Å². The third-order valence-electron chi connectivity index (χ3n) is 6.18. The summed E-state index contributed by atoms with van der Waals surface area (Å²) in [6, 6.07) is 7.90. The topological polar surface area (TPSA) is 149 Å². The largest absolute Gasteiger partial charge is 0.480 e. The molecule has 1 aliphatic heterocycles. The molecule has 36 heavy (non-hydrogen) atoms. The van der Waals surface area contributed by atoms with Crippen molar-refractivity contribution in [3.63, 3.8) is 0 Å². The summed E-state index contributed by atoms with van der Waals surface area (Å²) in [4.78, 5) is 41.6. The van der Waals surface area contributed by atoms with E-state index in [0.29, 0.717) is 58.9 Å². The van der Waals surface area contributed by atoms with Crippen LogP contribution in [0.2, 0.25) is 0 Å². The predicted molar refractivity (Wildman–Crippen MR) is 136 cm³/mol. The first kappa shape index (κ1) is 29.5. The van der Waals surface area contributed by atoms with Gasteiger partial charge in [0.1, 0.15) is 0 Å². The van der Waals surface area contributed by atoms with Gasteiger partial charge in [0.25, 0.3) is 0 Å². The van der Waals surface area contributed by atoms with Crippen LogP contribution in [0.25, 0.3) is 0 Å². The molecule has 1 aromatic rings. The highest BCUT2D eigenvalue weighted by molar-refractivity contribution is 5.69. The molecule has 0 aromatic heterocycles. The summed E-state index contributed by atoms with van der Waals surface area (Å²) in [5.41, 5.74) is 1.97. The summed E-state index contributed by atoms with van der Waals surface area (Å²) in [6.07, 6.45) is 0.124. The van der Waals surface area contributed by atoms with Gasteiger partial charge in [-0.25, -0.2) is 0 Å². The van der Waals surface area contributed by atoms with Crippen molar-refractivity contribution in [3.8, 4) is 0 Å². The maximum Gasteiger partial charge on any atom is 0.317 e. The van der Waals surface area contributed by atoms with Gasteiger partial charge in [0.05, 0.1) is 25.8 Å². The Morgan fingerprint density at radius 3 is 1.81 bits per heavy atom. The number of hydrogen-bond donors (Lipinski definition) is 5. The fourth-order valence-electron chi connectivity index (χ4n) is 4.08. The quantitative estimate of drug-likeness (QED) is 0.209. The van der Waals surface area contributed by atoms with E-state index < -0.39 is 17.9 Å². The number of nitrogens with zero attached hydrogens (tertiary/aromatic N) is 4. The van der Waals surface area contributed by atoms with Crippen LogP contribution in [0.4, 0.5) is 5.69 Å². The number of nitrogens with one attached hydrogen (secondary N) is 2. The second-order valence-corrected chi connectivity index (χ2v) is 9.14. The number of rotatable bonds is 14. The fraction of sp³-hybridized carbons (Fsp3) is 0.625. The Bertz CT molecular complexity index is 811. The maximum atomic E-state index is 11.5. The van der Waals surface area contributed by atoms with Crippen LogP contribution in [0.15, 0.2) is 24.3 Å². The van der Waals surface area contributed by atoms with Gasteiger partial charge >= 0.3 is 17.9 Å². The maximum absolute atomic E-state index is 11.5. The van der Waals surface area contributed by atoms with Gasteiger partial charge in [0.15, 0.2) is 0 Å². The van der Waals surface area contributed by atoms with Crippen LogP contribution >= 0.6 is 0 Å². The number of hydrogen-bond acceptors (Lipinski definition) is 9. The van der Waals surface area contributed by atoms with Crippen molar-refractivity contribution < 1.29 is 29.7 Å². The van der Waals surface area contributed by atoms with Crippen molar-refractivity contribution >= 4 is 23.6 Å². The SMILES string of the molecule is CNC(C)Nc1ccc(CN(CCN2CCN(CC(=O)O)CCN(CC(=O)O)CC2)CC(=O)O)cc1. The number of benzene rings is 1. The first-order chi connectivity index (χ1) is 17.1. The van der Waals surface area contributed by atoms with Gasteiger partial charge in [-0.05, 0) is 31.7 Å². The first-order valence-corrected chi connectivity index (χ1v) is 12.2. The van der Waals surface area contributed by atoms with Crippen molar-refractivity contribution in [3.05, 3.63) is 29.8 Å². The fourth-order valence-corrected chi connectivity index (χ4v) is 4.08. The minimum absolute atomic E-state index is 0.0963. The average Bonchev–Trinajstić information content (AvgIpc) is 2.89. The van der Waals surface area contributed by atoms with Crippen molar-refractivity contribution in [2.24, 2.45) is 0 Å². The van der Waals surface area contributed by atoms with E-state index in [1.807, 2.05) is 52.9 Å². The lowest BCUT2D eigenvalue weighted by atomic mass is 10.2. The molecule has 1 saturated heterocycles. The highest BCUT2D eigenvalue weighted by Gasteiger charge is 2.20. The van der Waals surface area contributed by atoms with Gasteiger partial charge in [-0.15, -0.1) is 0 Å². The van der Waals surface area contributed by atoms with Gasteiger partial charge < -0.3 is 26.0 Å². The molecule has 1 aliphatic rings. The smallest absolute Gasteiger partial charge is 0.317 e. The molecule has 0 radical (unpaired) electrons. The van der Waals surface area contributed by atoms with Crippen LogP contribution in [0.1, 0.15) is 12.5 Å². The van der Waals surface area contributed by atoms with E-state index in [1.165, 1.54) is 0 Å². The number of aliphatic carboxylic acids is 3. The van der Waals surface area contributed by atoms with E-state index in [9.17, 15) is 29.7 Å². The van der Waals surface area contributed by atoms with Crippen molar-refractivity contribution in [2.45, 2.75) is 19.6 Å². The molecule has 1 atom stereocenters. The van der Waals surface area contributed by atoms with E-state index in [4.69, 9.17) is 0 Å². The highest BCUT2D eigenvalue weighted by Crippen LogP contribution is 2.12.